The molecule has 2 heterocycles. The Morgan fingerprint density at radius 1 is 1.03 bits per heavy atom. The van der Waals surface area contributed by atoms with E-state index in [0.29, 0.717) is 28.8 Å². The van der Waals surface area contributed by atoms with E-state index in [9.17, 15) is 27.7 Å². The van der Waals surface area contributed by atoms with Gasteiger partial charge in [0.25, 0.3) is 0 Å². The average molecular weight is 530 g/mol. The number of aromatic nitrogens is 4. The first-order valence-electron chi connectivity index (χ1n) is 11.2. The van der Waals surface area contributed by atoms with Crippen LogP contribution in [0.25, 0.3) is 11.3 Å². The van der Waals surface area contributed by atoms with Crippen LogP contribution in [0.3, 0.4) is 0 Å². The maximum atomic E-state index is 13.2. The van der Waals surface area contributed by atoms with Crippen LogP contribution in [-0.4, -0.2) is 24.7 Å². The van der Waals surface area contributed by atoms with Crippen LogP contribution in [0, 0.1) is 15.9 Å². The topological polar surface area (TPSA) is 108 Å². The molecule has 0 amide bonds. The highest BCUT2D eigenvalue weighted by Crippen LogP contribution is 2.35. The maximum absolute atomic E-state index is 13.2. The molecule has 0 unspecified atom stereocenters. The van der Waals surface area contributed by atoms with Crippen molar-refractivity contribution in [2.75, 3.05) is 5.32 Å². The minimum absolute atomic E-state index is 0.00903. The van der Waals surface area contributed by atoms with Crippen molar-refractivity contribution in [2.45, 2.75) is 39.1 Å². The van der Waals surface area contributed by atoms with Gasteiger partial charge in [-0.2, -0.15) is 18.3 Å². The van der Waals surface area contributed by atoms with Gasteiger partial charge in [-0.1, -0.05) is 12.1 Å². The van der Waals surface area contributed by atoms with Gasteiger partial charge in [-0.25, -0.2) is 19.0 Å². The van der Waals surface area contributed by atoms with E-state index in [1.165, 1.54) is 42.5 Å². The van der Waals surface area contributed by atoms with Gasteiger partial charge in [0.1, 0.15) is 24.1 Å². The summed E-state index contributed by atoms with van der Waals surface area (Å²) in [5, 5.41) is 19.1. The molecule has 0 spiro atoms. The smallest absolute Gasteiger partial charge is 0.434 e. The Kier molecular flexibility index (Phi) is 7.03. The molecule has 4 aromatic rings. The van der Waals surface area contributed by atoms with Crippen molar-refractivity contribution >= 4 is 17.3 Å². The zero-order valence-corrected chi connectivity index (χ0v) is 20.5. The number of hydrogen-bond acceptors (Lipinski definition) is 7. The molecular formula is C25H22F4N6O3. The number of nitrogens with zero attached hydrogens (tertiary/aromatic N) is 5. The molecule has 0 saturated carbocycles. The zero-order chi connectivity index (χ0) is 27.7. The maximum Gasteiger partial charge on any atom is 0.434 e. The van der Waals surface area contributed by atoms with Crippen molar-refractivity contribution in [3.05, 3.63) is 88.1 Å². The molecule has 0 aliphatic rings. The normalized spacial score (nSPS) is 11.9. The third-order valence-electron chi connectivity index (χ3n) is 5.30. The molecular weight excluding hydrogens is 508 g/mol. The molecule has 0 atom stereocenters. The van der Waals surface area contributed by atoms with E-state index in [1.807, 2.05) is 20.8 Å². The summed E-state index contributed by atoms with van der Waals surface area (Å²) in [6, 6.07) is 11.5. The van der Waals surface area contributed by atoms with E-state index in [0.717, 1.165) is 6.20 Å². The van der Waals surface area contributed by atoms with Crippen molar-refractivity contribution in [1.82, 2.24) is 19.7 Å². The van der Waals surface area contributed by atoms with E-state index in [1.54, 1.807) is 10.7 Å². The van der Waals surface area contributed by atoms with Gasteiger partial charge in [-0.15, -0.1) is 0 Å². The molecule has 198 valence electrons. The summed E-state index contributed by atoms with van der Waals surface area (Å²) in [6.45, 7) is 5.60. The van der Waals surface area contributed by atoms with Crippen LogP contribution < -0.4 is 10.1 Å². The van der Waals surface area contributed by atoms with Crippen molar-refractivity contribution in [2.24, 2.45) is 0 Å². The van der Waals surface area contributed by atoms with Crippen LogP contribution >= 0.6 is 0 Å². The number of nitro benzene ring substituents is 1. The summed E-state index contributed by atoms with van der Waals surface area (Å²) in [5.74, 6) is 0.0590. The zero-order valence-electron chi connectivity index (χ0n) is 20.5. The SMILES string of the molecule is CC(C)(C)n1nc(-c2ccc([N+](=O)[O-])c(OCc3ccc(F)cc3)c2)cc1Nc1cnc(C(F)(F)F)cn1. The summed E-state index contributed by atoms with van der Waals surface area (Å²) in [6.07, 6.45) is -3.02. The molecule has 9 nitrogen and oxygen atoms in total. The number of alkyl halides is 3. The number of anilines is 2. The van der Waals surface area contributed by atoms with Crippen molar-refractivity contribution in [3.8, 4) is 17.0 Å². The van der Waals surface area contributed by atoms with Crippen molar-refractivity contribution in [3.63, 3.8) is 0 Å². The second kappa shape index (κ2) is 10.1. The minimum atomic E-state index is -4.61. The number of nitrogens with one attached hydrogen (secondary N) is 1. The Labute approximate surface area is 214 Å². The van der Waals surface area contributed by atoms with Gasteiger partial charge in [0.2, 0.25) is 0 Å². The summed E-state index contributed by atoms with van der Waals surface area (Å²) >= 11 is 0. The van der Waals surface area contributed by atoms with Crippen LogP contribution in [0.5, 0.6) is 5.75 Å². The Morgan fingerprint density at radius 3 is 2.32 bits per heavy atom. The number of nitro groups is 1. The molecule has 0 aliphatic heterocycles. The molecule has 2 aromatic carbocycles. The number of rotatable bonds is 7. The Balaban J connectivity index is 1.66. The number of halogens is 4. The molecule has 0 fully saturated rings. The predicted molar refractivity (Wildman–Crippen MR) is 130 cm³/mol. The van der Waals surface area contributed by atoms with Crippen LogP contribution in [0.2, 0.25) is 0 Å². The lowest BCUT2D eigenvalue weighted by molar-refractivity contribution is -0.385. The highest BCUT2D eigenvalue weighted by atomic mass is 19.4. The third kappa shape index (κ3) is 6.05. The van der Waals surface area contributed by atoms with E-state index in [-0.39, 0.29) is 23.9 Å². The van der Waals surface area contributed by atoms with Gasteiger partial charge in [0, 0.05) is 17.7 Å². The van der Waals surface area contributed by atoms with Crippen molar-refractivity contribution in [1.29, 1.82) is 0 Å². The third-order valence-corrected chi connectivity index (χ3v) is 5.30. The molecule has 1 N–H and O–H groups in total. The van der Waals surface area contributed by atoms with Crippen molar-refractivity contribution < 1.29 is 27.2 Å². The molecule has 0 aliphatic carbocycles. The average Bonchev–Trinajstić information content (AvgIpc) is 3.27. The summed E-state index contributed by atoms with van der Waals surface area (Å²) in [4.78, 5) is 18.2. The lowest BCUT2D eigenvalue weighted by atomic mass is 10.1. The molecule has 13 heteroatoms. The van der Waals surface area contributed by atoms with E-state index >= 15 is 0 Å². The quantitative estimate of drug-likeness (QED) is 0.165. The van der Waals surface area contributed by atoms with Gasteiger partial charge in [0.15, 0.2) is 11.4 Å². The highest BCUT2D eigenvalue weighted by molar-refractivity contribution is 5.69. The summed E-state index contributed by atoms with van der Waals surface area (Å²) < 4.78 is 59.0. The number of hydrogen-bond donors (Lipinski definition) is 1. The fourth-order valence-electron chi connectivity index (χ4n) is 3.47. The first kappa shape index (κ1) is 26.5. The Bertz CT molecular complexity index is 1450. The van der Waals surface area contributed by atoms with Crippen LogP contribution in [0.4, 0.5) is 34.9 Å². The summed E-state index contributed by atoms with van der Waals surface area (Å²) in [5.41, 5.74) is -0.398. The van der Waals surface area contributed by atoms with E-state index in [4.69, 9.17) is 4.74 Å². The lowest BCUT2D eigenvalue weighted by Crippen LogP contribution is -2.24. The number of ether oxygens (including phenoxy) is 1. The van der Waals surface area contributed by atoms with Gasteiger partial charge >= 0.3 is 11.9 Å². The second-order valence-corrected chi connectivity index (χ2v) is 9.26. The van der Waals surface area contributed by atoms with Gasteiger partial charge in [-0.3, -0.25) is 10.1 Å². The molecule has 4 rings (SSSR count). The monoisotopic (exact) mass is 530 g/mol. The lowest BCUT2D eigenvalue weighted by Gasteiger charge is -2.22. The standard InChI is InChI=1S/C25H22F4N6O3/c1-24(2,3)34-23(32-22-13-30-21(12-31-22)25(27,28)29)11-18(33-34)16-6-9-19(35(36)37)20(10-16)38-14-15-4-7-17(26)8-5-15/h4-13H,14H2,1-3H3,(H,31,32). The predicted octanol–water partition coefficient (Wildman–Crippen LogP) is 6.48. The van der Waals surface area contributed by atoms with Crippen LogP contribution in [0.15, 0.2) is 60.9 Å². The first-order chi connectivity index (χ1) is 17.8. The minimum Gasteiger partial charge on any atom is -0.482 e. The Morgan fingerprint density at radius 2 is 1.74 bits per heavy atom. The fourth-order valence-corrected chi connectivity index (χ4v) is 3.47. The highest BCUT2D eigenvalue weighted by Gasteiger charge is 2.33. The van der Waals surface area contributed by atoms with E-state index in [2.05, 4.69) is 20.4 Å². The van der Waals surface area contributed by atoms with Gasteiger partial charge in [0.05, 0.1) is 28.5 Å². The number of benzene rings is 2. The Hall–Kier alpha value is -4.55. The molecule has 38 heavy (non-hydrogen) atoms. The second-order valence-electron chi connectivity index (χ2n) is 9.26. The summed E-state index contributed by atoms with van der Waals surface area (Å²) in [7, 11) is 0. The molecule has 0 radical (unpaired) electrons. The fraction of sp³-hybridized carbons (Fsp3) is 0.240. The first-order valence-corrected chi connectivity index (χ1v) is 11.2. The molecule has 0 bridgehead atoms. The van der Waals surface area contributed by atoms with Gasteiger partial charge < -0.3 is 10.1 Å². The largest absolute Gasteiger partial charge is 0.482 e. The van der Waals surface area contributed by atoms with Crippen LogP contribution in [0.1, 0.15) is 32.0 Å². The molecule has 0 saturated heterocycles. The van der Waals surface area contributed by atoms with E-state index < -0.39 is 28.1 Å². The van der Waals surface area contributed by atoms with Gasteiger partial charge in [-0.05, 0) is 50.6 Å². The van der Waals surface area contributed by atoms with Crippen LogP contribution in [-0.2, 0) is 18.3 Å². The molecule has 2 aromatic heterocycles.